The van der Waals surface area contributed by atoms with Gasteiger partial charge in [0, 0.05) is 31.4 Å². The molecule has 5 rings (SSSR count). The molecule has 0 atom stereocenters. The third-order valence-electron chi connectivity index (χ3n) is 6.59. The number of oxime groups is 1. The lowest BCUT2D eigenvalue weighted by atomic mass is 10.0. The number of nitrogens with zero attached hydrogens (tertiary/aromatic N) is 1. The summed E-state index contributed by atoms with van der Waals surface area (Å²) in [5, 5.41) is 15.1. The van der Waals surface area contributed by atoms with Crippen LogP contribution >= 0.6 is 23.5 Å². The zero-order valence-corrected chi connectivity index (χ0v) is 18.5. The second-order valence-electron chi connectivity index (χ2n) is 8.62. The SMILES string of the molecule is ON=C1c2cc(SC3CCCCC3)ccc2-c2ccc(SC3CCCCC3)cc21. The van der Waals surface area contributed by atoms with Crippen molar-refractivity contribution in [3.05, 3.63) is 47.5 Å². The van der Waals surface area contributed by atoms with Crippen molar-refractivity contribution in [2.45, 2.75) is 84.5 Å². The Balaban J connectivity index is 1.40. The average Bonchev–Trinajstić information content (AvgIpc) is 3.07. The molecule has 29 heavy (non-hydrogen) atoms. The summed E-state index contributed by atoms with van der Waals surface area (Å²) in [7, 11) is 0. The van der Waals surface area contributed by atoms with Gasteiger partial charge in [-0.2, -0.15) is 0 Å². The molecule has 0 heterocycles. The maximum absolute atomic E-state index is 9.86. The summed E-state index contributed by atoms with van der Waals surface area (Å²) in [6, 6.07) is 13.5. The number of thioether (sulfide) groups is 2. The van der Waals surface area contributed by atoms with Crippen LogP contribution in [0.3, 0.4) is 0 Å². The Hall–Kier alpha value is -1.39. The van der Waals surface area contributed by atoms with Crippen LogP contribution in [0, 0.1) is 0 Å². The topological polar surface area (TPSA) is 32.6 Å². The summed E-state index contributed by atoms with van der Waals surface area (Å²) in [6.07, 6.45) is 13.5. The summed E-state index contributed by atoms with van der Waals surface area (Å²) in [5.41, 5.74) is 5.32. The van der Waals surface area contributed by atoms with E-state index in [1.54, 1.807) is 0 Å². The molecule has 0 bridgehead atoms. The van der Waals surface area contributed by atoms with Crippen LogP contribution in [-0.4, -0.2) is 21.4 Å². The molecular weight excluding hydrogens is 394 g/mol. The normalized spacial score (nSPS) is 19.8. The van der Waals surface area contributed by atoms with E-state index in [-0.39, 0.29) is 0 Å². The summed E-state index contributed by atoms with van der Waals surface area (Å²) in [5.74, 6) is 0. The van der Waals surface area contributed by atoms with Crippen molar-refractivity contribution in [2.24, 2.45) is 5.16 Å². The Morgan fingerprint density at radius 2 is 1.07 bits per heavy atom. The Kier molecular flexibility index (Phi) is 5.92. The van der Waals surface area contributed by atoms with Crippen LogP contribution in [0.5, 0.6) is 0 Å². The fraction of sp³-hybridized carbons (Fsp3) is 0.480. The summed E-state index contributed by atoms with van der Waals surface area (Å²) in [6.45, 7) is 0. The Bertz CT molecular complexity index is 840. The van der Waals surface area contributed by atoms with Crippen molar-refractivity contribution in [3.8, 4) is 11.1 Å². The molecule has 0 aromatic heterocycles. The lowest BCUT2D eigenvalue weighted by Crippen LogP contribution is -2.08. The second kappa shape index (κ2) is 8.77. The Morgan fingerprint density at radius 3 is 1.48 bits per heavy atom. The molecule has 0 unspecified atom stereocenters. The molecule has 0 aliphatic heterocycles. The fourth-order valence-electron chi connectivity index (χ4n) is 5.06. The van der Waals surface area contributed by atoms with Gasteiger partial charge in [-0.1, -0.05) is 55.8 Å². The maximum Gasteiger partial charge on any atom is 0.118 e. The highest BCUT2D eigenvalue weighted by Crippen LogP contribution is 2.43. The van der Waals surface area contributed by atoms with Crippen LogP contribution < -0.4 is 0 Å². The minimum atomic E-state index is 0.735. The molecule has 152 valence electrons. The maximum atomic E-state index is 9.86. The van der Waals surface area contributed by atoms with E-state index in [0.29, 0.717) is 0 Å². The smallest absolute Gasteiger partial charge is 0.118 e. The van der Waals surface area contributed by atoms with Gasteiger partial charge in [0.1, 0.15) is 5.71 Å². The van der Waals surface area contributed by atoms with Crippen molar-refractivity contribution in [1.82, 2.24) is 0 Å². The molecule has 2 fully saturated rings. The first-order valence-corrected chi connectivity index (χ1v) is 12.9. The van der Waals surface area contributed by atoms with E-state index in [2.05, 4.69) is 41.6 Å². The van der Waals surface area contributed by atoms with Crippen molar-refractivity contribution in [3.63, 3.8) is 0 Å². The number of hydrogen-bond acceptors (Lipinski definition) is 4. The van der Waals surface area contributed by atoms with Gasteiger partial charge < -0.3 is 5.21 Å². The first kappa shape index (κ1) is 19.6. The van der Waals surface area contributed by atoms with E-state index in [4.69, 9.17) is 0 Å². The first-order valence-electron chi connectivity index (χ1n) is 11.2. The number of hydrogen-bond donors (Lipinski definition) is 1. The highest BCUT2D eigenvalue weighted by atomic mass is 32.2. The van der Waals surface area contributed by atoms with Crippen LogP contribution in [0.1, 0.15) is 75.3 Å². The van der Waals surface area contributed by atoms with E-state index in [1.807, 2.05) is 23.5 Å². The molecular formula is C25H29NOS2. The zero-order valence-electron chi connectivity index (χ0n) is 16.9. The second-order valence-corrected chi connectivity index (χ2v) is 11.4. The van der Waals surface area contributed by atoms with Gasteiger partial charge in [-0.15, -0.1) is 23.5 Å². The Morgan fingerprint density at radius 1 is 0.621 bits per heavy atom. The highest BCUT2D eigenvalue weighted by molar-refractivity contribution is 8.00. The van der Waals surface area contributed by atoms with Gasteiger partial charge >= 0.3 is 0 Å². The van der Waals surface area contributed by atoms with Crippen molar-refractivity contribution in [1.29, 1.82) is 0 Å². The summed E-state index contributed by atoms with van der Waals surface area (Å²) in [4.78, 5) is 2.61. The summed E-state index contributed by atoms with van der Waals surface area (Å²) < 4.78 is 0. The van der Waals surface area contributed by atoms with Gasteiger partial charge in [0.25, 0.3) is 0 Å². The van der Waals surface area contributed by atoms with Crippen LogP contribution in [0.25, 0.3) is 11.1 Å². The fourth-order valence-corrected chi connectivity index (χ4v) is 7.63. The molecule has 4 heteroatoms. The molecule has 3 aliphatic rings. The monoisotopic (exact) mass is 423 g/mol. The van der Waals surface area contributed by atoms with E-state index in [9.17, 15) is 5.21 Å². The van der Waals surface area contributed by atoms with Gasteiger partial charge in [0.15, 0.2) is 0 Å². The lowest BCUT2D eigenvalue weighted by molar-refractivity contribution is 0.320. The third-order valence-corrected chi connectivity index (χ3v) is 9.25. The van der Waals surface area contributed by atoms with Gasteiger partial charge in [0.2, 0.25) is 0 Å². The van der Waals surface area contributed by atoms with E-state index >= 15 is 0 Å². The predicted molar refractivity (Wildman–Crippen MR) is 125 cm³/mol. The minimum Gasteiger partial charge on any atom is -0.410 e. The molecule has 1 N–H and O–H groups in total. The van der Waals surface area contributed by atoms with E-state index in [0.717, 1.165) is 27.3 Å². The van der Waals surface area contributed by atoms with Gasteiger partial charge in [-0.05, 0) is 61.1 Å². The molecule has 0 amide bonds. The highest BCUT2D eigenvalue weighted by Gasteiger charge is 2.27. The predicted octanol–water partition coefficient (Wildman–Crippen LogP) is 7.74. The molecule has 2 aromatic rings. The average molecular weight is 424 g/mol. The largest absolute Gasteiger partial charge is 0.410 e. The molecule has 0 radical (unpaired) electrons. The molecule has 2 nitrogen and oxygen atoms in total. The minimum absolute atomic E-state index is 0.735. The van der Waals surface area contributed by atoms with Gasteiger partial charge in [-0.25, -0.2) is 0 Å². The van der Waals surface area contributed by atoms with Crippen molar-refractivity contribution >= 4 is 29.2 Å². The molecule has 0 spiro atoms. The molecule has 2 saturated carbocycles. The first-order chi connectivity index (χ1) is 14.3. The number of fused-ring (bicyclic) bond motifs is 3. The van der Waals surface area contributed by atoms with Crippen molar-refractivity contribution < 1.29 is 5.21 Å². The van der Waals surface area contributed by atoms with E-state index < -0.39 is 0 Å². The standard InChI is InChI=1S/C25H29NOS2/c27-26-25-23-15-19(28-17-7-3-1-4-8-17)11-13-21(23)22-14-12-20(16-24(22)25)29-18-9-5-2-6-10-18/h11-18,27H,1-10H2. The molecule has 3 aliphatic carbocycles. The van der Waals surface area contributed by atoms with Crippen molar-refractivity contribution in [2.75, 3.05) is 0 Å². The van der Waals surface area contributed by atoms with Crippen LogP contribution in [0.4, 0.5) is 0 Å². The Labute approximate surface area is 182 Å². The zero-order chi connectivity index (χ0) is 19.6. The third kappa shape index (κ3) is 4.11. The quantitative estimate of drug-likeness (QED) is 0.344. The van der Waals surface area contributed by atoms with Gasteiger partial charge in [-0.3, -0.25) is 0 Å². The van der Waals surface area contributed by atoms with Crippen LogP contribution in [0.2, 0.25) is 0 Å². The summed E-state index contributed by atoms with van der Waals surface area (Å²) >= 11 is 4.01. The lowest BCUT2D eigenvalue weighted by Gasteiger charge is -2.21. The number of rotatable bonds is 4. The molecule has 2 aromatic carbocycles. The number of benzene rings is 2. The van der Waals surface area contributed by atoms with Crippen LogP contribution in [-0.2, 0) is 0 Å². The molecule has 0 saturated heterocycles. The van der Waals surface area contributed by atoms with E-state index in [1.165, 1.54) is 85.1 Å². The van der Waals surface area contributed by atoms with Crippen LogP contribution in [0.15, 0.2) is 51.3 Å². The van der Waals surface area contributed by atoms with Gasteiger partial charge in [0.05, 0.1) is 0 Å².